The molecule has 1 heterocycles. The van der Waals surface area contributed by atoms with E-state index in [1.807, 2.05) is 68.4 Å². The third-order valence-electron chi connectivity index (χ3n) is 10.2. The summed E-state index contributed by atoms with van der Waals surface area (Å²) in [5, 5.41) is 22.1. The molecule has 0 bridgehead atoms. The number of aryl methyl sites for hydroxylation is 2. The molecule has 1 aliphatic heterocycles. The van der Waals surface area contributed by atoms with Crippen molar-refractivity contribution in [2.24, 2.45) is 11.8 Å². The molecule has 5 rings (SSSR count). The maximum atomic E-state index is 11.1. The molecule has 0 amide bonds. The molecule has 7 unspecified atom stereocenters. The van der Waals surface area contributed by atoms with Crippen molar-refractivity contribution in [2.75, 3.05) is 28.4 Å². The monoisotopic (exact) mass is 700 g/mol. The number of ether oxygens (including phenoxy) is 7. The van der Waals surface area contributed by atoms with Crippen molar-refractivity contribution in [3.8, 4) is 34.5 Å². The summed E-state index contributed by atoms with van der Waals surface area (Å²) >= 11 is 0. The van der Waals surface area contributed by atoms with Gasteiger partial charge in [0.05, 0.1) is 40.6 Å². The Labute approximate surface area is 302 Å². The first-order valence-electron chi connectivity index (χ1n) is 17.4. The lowest BCUT2D eigenvalue weighted by Gasteiger charge is -2.24. The van der Waals surface area contributed by atoms with Gasteiger partial charge < -0.3 is 43.4 Å². The lowest BCUT2D eigenvalue weighted by atomic mass is 9.85. The van der Waals surface area contributed by atoms with Crippen molar-refractivity contribution in [2.45, 2.75) is 78.2 Å². The molecule has 0 aromatic heterocycles. The molecule has 8 atom stereocenters. The van der Waals surface area contributed by atoms with Crippen molar-refractivity contribution in [1.29, 1.82) is 0 Å². The lowest BCUT2D eigenvalue weighted by molar-refractivity contribution is 0.0281. The van der Waals surface area contributed by atoms with E-state index in [1.165, 1.54) is 5.56 Å². The van der Waals surface area contributed by atoms with Gasteiger partial charge in [0, 0.05) is 0 Å². The molecular formula is C42H52O9. The SMILES string of the molecule is COc1ccc([C@H](O)C(C)Oc2ccc(C3OC(c4ccc(OC(C)C(O)c5ccc(C)c(C)c5)c(OC)c4)C(C)C3C)cc2OC)cc1OC. The minimum Gasteiger partial charge on any atom is -0.493 e. The summed E-state index contributed by atoms with van der Waals surface area (Å²) in [4.78, 5) is 0. The van der Waals surface area contributed by atoms with Gasteiger partial charge in [-0.2, -0.15) is 0 Å². The van der Waals surface area contributed by atoms with E-state index in [0.29, 0.717) is 40.1 Å². The van der Waals surface area contributed by atoms with Crippen LogP contribution in [0.2, 0.25) is 0 Å². The van der Waals surface area contributed by atoms with Crippen molar-refractivity contribution < 1.29 is 43.4 Å². The minimum absolute atomic E-state index is 0.187. The van der Waals surface area contributed by atoms with Gasteiger partial charge in [0.25, 0.3) is 0 Å². The van der Waals surface area contributed by atoms with E-state index >= 15 is 0 Å². The highest BCUT2D eigenvalue weighted by Gasteiger charge is 2.41. The Bertz CT molecular complexity index is 1790. The van der Waals surface area contributed by atoms with Gasteiger partial charge in [-0.15, -0.1) is 0 Å². The van der Waals surface area contributed by atoms with E-state index in [-0.39, 0.29) is 24.0 Å². The molecule has 9 nitrogen and oxygen atoms in total. The summed E-state index contributed by atoms with van der Waals surface area (Å²) in [7, 11) is 6.35. The predicted octanol–water partition coefficient (Wildman–Crippen LogP) is 8.42. The van der Waals surface area contributed by atoms with Crippen LogP contribution >= 0.6 is 0 Å². The van der Waals surface area contributed by atoms with Gasteiger partial charge in [-0.25, -0.2) is 0 Å². The van der Waals surface area contributed by atoms with Gasteiger partial charge in [-0.1, -0.05) is 50.2 Å². The standard InChI is InChI=1S/C42H52O9/c1-23-11-12-29(19-24(23)2)39(43)27(5)49-34-17-14-31(21-37(34)47-9)41-25(3)26(4)42(51-41)32-15-18-35(38(22-32)48-10)50-28(6)40(44)30-13-16-33(45-7)36(20-30)46-8/h11-22,25-28,39-44H,1-10H3/t25?,26?,27?,28?,39?,40-,41?,42?/m1/s1. The summed E-state index contributed by atoms with van der Waals surface area (Å²) < 4.78 is 41.5. The second kappa shape index (κ2) is 16.3. The van der Waals surface area contributed by atoms with Crippen LogP contribution < -0.4 is 28.4 Å². The first-order chi connectivity index (χ1) is 24.4. The highest BCUT2D eigenvalue weighted by atomic mass is 16.5. The topological polar surface area (TPSA) is 105 Å². The van der Waals surface area contributed by atoms with Gasteiger partial charge in [0.2, 0.25) is 0 Å². The Hall–Kier alpha value is -4.44. The van der Waals surface area contributed by atoms with Crippen LogP contribution in [0.1, 0.15) is 85.5 Å². The maximum Gasteiger partial charge on any atom is 0.161 e. The van der Waals surface area contributed by atoms with Gasteiger partial charge in [0.15, 0.2) is 34.5 Å². The van der Waals surface area contributed by atoms with Crippen molar-refractivity contribution in [3.63, 3.8) is 0 Å². The van der Waals surface area contributed by atoms with Crippen LogP contribution in [0.5, 0.6) is 34.5 Å². The summed E-state index contributed by atoms with van der Waals surface area (Å²) in [6.07, 6.45) is -3.20. The average molecular weight is 701 g/mol. The Morgan fingerprint density at radius 1 is 0.510 bits per heavy atom. The fourth-order valence-corrected chi connectivity index (χ4v) is 6.70. The zero-order valence-corrected chi connectivity index (χ0v) is 31.3. The summed E-state index contributed by atoms with van der Waals surface area (Å²) in [6.45, 7) is 12.1. The van der Waals surface area contributed by atoms with Crippen LogP contribution in [0, 0.1) is 25.7 Å². The summed E-state index contributed by atoms with van der Waals surface area (Å²) in [5.74, 6) is 3.68. The third-order valence-corrected chi connectivity index (χ3v) is 10.2. The van der Waals surface area contributed by atoms with Crippen LogP contribution in [0.25, 0.3) is 0 Å². The number of methoxy groups -OCH3 is 4. The molecule has 0 spiro atoms. The van der Waals surface area contributed by atoms with Crippen LogP contribution in [0.3, 0.4) is 0 Å². The average Bonchev–Trinajstić information content (AvgIpc) is 3.44. The third kappa shape index (κ3) is 8.06. The molecular weight excluding hydrogens is 648 g/mol. The van der Waals surface area contributed by atoms with Crippen LogP contribution in [0.4, 0.5) is 0 Å². The van der Waals surface area contributed by atoms with E-state index in [1.54, 1.807) is 53.6 Å². The summed E-state index contributed by atoms with van der Waals surface area (Å²) in [5.41, 5.74) is 5.70. The molecule has 1 aliphatic rings. The highest BCUT2D eigenvalue weighted by Crippen LogP contribution is 2.51. The molecule has 2 N–H and O–H groups in total. The maximum absolute atomic E-state index is 11.1. The number of aliphatic hydroxyl groups excluding tert-OH is 2. The smallest absolute Gasteiger partial charge is 0.161 e. The van der Waals surface area contributed by atoms with Crippen LogP contribution in [-0.2, 0) is 4.74 Å². The molecule has 9 heteroatoms. The predicted molar refractivity (Wildman–Crippen MR) is 196 cm³/mol. The Morgan fingerprint density at radius 3 is 1.37 bits per heavy atom. The molecule has 0 radical (unpaired) electrons. The number of hydrogen-bond donors (Lipinski definition) is 2. The lowest BCUT2D eigenvalue weighted by Crippen LogP contribution is -2.22. The van der Waals surface area contributed by atoms with Crippen LogP contribution in [-0.4, -0.2) is 50.9 Å². The zero-order valence-electron chi connectivity index (χ0n) is 31.3. The number of aliphatic hydroxyl groups is 2. The zero-order chi connectivity index (χ0) is 37.0. The van der Waals surface area contributed by atoms with Crippen molar-refractivity contribution >= 4 is 0 Å². The first kappa shape index (κ1) is 37.8. The van der Waals surface area contributed by atoms with E-state index in [9.17, 15) is 10.2 Å². The molecule has 274 valence electrons. The van der Waals surface area contributed by atoms with Gasteiger partial charge >= 0.3 is 0 Å². The van der Waals surface area contributed by atoms with E-state index in [4.69, 9.17) is 33.2 Å². The molecule has 0 saturated carbocycles. The quantitative estimate of drug-likeness (QED) is 0.134. The van der Waals surface area contributed by atoms with E-state index in [2.05, 4.69) is 20.8 Å². The van der Waals surface area contributed by atoms with Gasteiger partial charge in [-0.3, -0.25) is 0 Å². The normalized spacial score (nSPS) is 20.9. The largest absolute Gasteiger partial charge is 0.493 e. The van der Waals surface area contributed by atoms with Crippen molar-refractivity contribution in [1.82, 2.24) is 0 Å². The second-order valence-electron chi connectivity index (χ2n) is 13.5. The first-order valence-corrected chi connectivity index (χ1v) is 17.4. The minimum atomic E-state index is -0.923. The second-order valence-corrected chi connectivity index (χ2v) is 13.5. The Balaban J connectivity index is 1.29. The van der Waals surface area contributed by atoms with E-state index < -0.39 is 24.4 Å². The Kier molecular flexibility index (Phi) is 12.1. The molecule has 1 saturated heterocycles. The van der Waals surface area contributed by atoms with Gasteiger partial charge in [0.1, 0.15) is 24.4 Å². The molecule has 4 aromatic rings. The van der Waals surface area contributed by atoms with Gasteiger partial charge in [-0.05, 0) is 109 Å². The molecule has 51 heavy (non-hydrogen) atoms. The Morgan fingerprint density at radius 2 is 0.922 bits per heavy atom. The molecule has 4 aromatic carbocycles. The fourth-order valence-electron chi connectivity index (χ4n) is 6.70. The number of rotatable bonds is 14. The highest BCUT2D eigenvalue weighted by molar-refractivity contribution is 5.47. The summed E-state index contributed by atoms with van der Waals surface area (Å²) in [6, 6.07) is 22.9. The van der Waals surface area contributed by atoms with E-state index in [0.717, 1.165) is 22.3 Å². The molecule has 1 fully saturated rings. The number of hydrogen-bond acceptors (Lipinski definition) is 9. The molecule has 0 aliphatic carbocycles. The fraction of sp³-hybridized carbons (Fsp3) is 0.429. The number of benzene rings is 4. The van der Waals surface area contributed by atoms with Crippen molar-refractivity contribution in [3.05, 3.63) is 106 Å². The van der Waals surface area contributed by atoms with Crippen LogP contribution in [0.15, 0.2) is 72.8 Å².